The van der Waals surface area contributed by atoms with Gasteiger partial charge in [0, 0.05) is 35.1 Å². The Kier molecular flexibility index (Phi) is 5.94. The van der Waals surface area contributed by atoms with E-state index in [0.29, 0.717) is 17.2 Å². The number of para-hydroxylation sites is 2. The summed E-state index contributed by atoms with van der Waals surface area (Å²) >= 11 is 0. The van der Waals surface area contributed by atoms with E-state index in [4.69, 9.17) is 14.0 Å². The molecular weight excluding hydrogens is 430 g/mol. The first kappa shape index (κ1) is 21.9. The quantitative estimate of drug-likeness (QED) is 0.417. The normalized spacial score (nSPS) is 12.8. The number of sulfonamides is 1. The monoisotopic (exact) mass is 455 g/mol. The van der Waals surface area contributed by atoms with Crippen LogP contribution in [0.2, 0.25) is 0 Å². The van der Waals surface area contributed by atoms with Gasteiger partial charge < -0.3 is 19.0 Å². The molecule has 2 N–H and O–H groups in total. The summed E-state index contributed by atoms with van der Waals surface area (Å²) in [5.41, 5.74) is 3.02. The molecule has 0 aliphatic carbocycles. The van der Waals surface area contributed by atoms with E-state index in [9.17, 15) is 8.42 Å². The zero-order valence-corrected chi connectivity index (χ0v) is 19.1. The number of nitrogens with zero attached hydrogens (tertiary/aromatic N) is 1. The maximum absolute atomic E-state index is 13.1. The maximum atomic E-state index is 13.1. The number of hydrogen-bond donors (Lipinski definition) is 2. The summed E-state index contributed by atoms with van der Waals surface area (Å²) in [7, 11) is -0.706. The number of aromatic amines is 1. The summed E-state index contributed by atoms with van der Waals surface area (Å²) in [6, 6.07) is 13.5. The van der Waals surface area contributed by atoms with E-state index in [2.05, 4.69) is 14.9 Å². The number of aromatic nitrogens is 2. The topological polar surface area (TPSA) is 106 Å². The highest BCUT2D eigenvalue weighted by Crippen LogP contribution is 2.40. The number of hydrogen-bond acceptors (Lipinski definition) is 6. The van der Waals surface area contributed by atoms with Crippen LogP contribution in [-0.4, -0.2) is 39.3 Å². The van der Waals surface area contributed by atoms with Gasteiger partial charge in [-0.25, -0.2) is 13.1 Å². The molecule has 4 aromatic rings. The highest BCUT2D eigenvalue weighted by atomic mass is 32.2. The largest absolute Gasteiger partial charge is 0.493 e. The average molecular weight is 456 g/mol. The summed E-state index contributed by atoms with van der Waals surface area (Å²) in [4.78, 5) is 3.34. The van der Waals surface area contributed by atoms with Crippen molar-refractivity contribution in [3.05, 3.63) is 71.2 Å². The highest BCUT2D eigenvalue weighted by molar-refractivity contribution is 7.89. The molecule has 2 aromatic carbocycles. The fourth-order valence-corrected chi connectivity index (χ4v) is 5.45. The fraction of sp³-hybridized carbons (Fsp3) is 0.261. The number of rotatable bonds is 8. The van der Waals surface area contributed by atoms with Crippen LogP contribution < -0.4 is 14.2 Å². The van der Waals surface area contributed by atoms with Gasteiger partial charge in [-0.15, -0.1) is 0 Å². The van der Waals surface area contributed by atoms with Crippen LogP contribution in [0.5, 0.6) is 11.5 Å². The number of aryl methyl sites for hydroxylation is 2. The molecule has 0 radical (unpaired) electrons. The second kappa shape index (κ2) is 8.68. The molecule has 0 fully saturated rings. The molecule has 32 heavy (non-hydrogen) atoms. The predicted molar refractivity (Wildman–Crippen MR) is 121 cm³/mol. The highest BCUT2D eigenvalue weighted by Gasteiger charge is 2.28. The van der Waals surface area contributed by atoms with Crippen molar-refractivity contribution in [3.8, 4) is 11.5 Å². The van der Waals surface area contributed by atoms with E-state index in [-0.39, 0.29) is 23.1 Å². The van der Waals surface area contributed by atoms with Crippen LogP contribution >= 0.6 is 0 Å². The molecule has 2 aromatic heterocycles. The number of H-pyrrole nitrogens is 1. The lowest BCUT2D eigenvalue weighted by atomic mass is 9.90. The van der Waals surface area contributed by atoms with Gasteiger partial charge in [0.15, 0.2) is 17.3 Å². The van der Waals surface area contributed by atoms with Gasteiger partial charge in [-0.1, -0.05) is 35.5 Å². The average Bonchev–Trinajstić information content (AvgIpc) is 3.36. The van der Waals surface area contributed by atoms with Crippen molar-refractivity contribution in [2.24, 2.45) is 0 Å². The van der Waals surface area contributed by atoms with E-state index in [1.165, 1.54) is 0 Å². The van der Waals surface area contributed by atoms with Crippen molar-refractivity contribution < 1.29 is 22.4 Å². The van der Waals surface area contributed by atoms with Crippen molar-refractivity contribution in [1.82, 2.24) is 14.9 Å². The molecule has 0 spiro atoms. The zero-order chi connectivity index (χ0) is 22.9. The number of fused-ring (bicyclic) bond motifs is 1. The molecule has 2 heterocycles. The van der Waals surface area contributed by atoms with Gasteiger partial charge >= 0.3 is 0 Å². The lowest BCUT2D eigenvalue weighted by Crippen LogP contribution is -2.30. The van der Waals surface area contributed by atoms with Gasteiger partial charge in [-0.2, -0.15) is 0 Å². The molecule has 9 heteroatoms. The van der Waals surface area contributed by atoms with E-state index in [1.54, 1.807) is 28.1 Å². The van der Waals surface area contributed by atoms with Crippen LogP contribution in [0.3, 0.4) is 0 Å². The van der Waals surface area contributed by atoms with Crippen LogP contribution in [0.1, 0.15) is 28.5 Å². The van der Waals surface area contributed by atoms with E-state index >= 15 is 0 Å². The van der Waals surface area contributed by atoms with Crippen molar-refractivity contribution in [2.45, 2.75) is 24.7 Å². The Morgan fingerprint density at radius 3 is 2.53 bits per heavy atom. The minimum atomic E-state index is -3.85. The molecule has 0 aliphatic heterocycles. The molecule has 0 bridgehead atoms. The van der Waals surface area contributed by atoms with Crippen LogP contribution in [0, 0.1) is 13.8 Å². The van der Waals surface area contributed by atoms with Crippen LogP contribution in [0.15, 0.2) is 58.1 Å². The maximum Gasteiger partial charge on any atom is 0.245 e. The molecule has 8 nitrogen and oxygen atoms in total. The van der Waals surface area contributed by atoms with E-state index < -0.39 is 10.0 Å². The van der Waals surface area contributed by atoms with Gasteiger partial charge in [-0.3, -0.25) is 0 Å². The molecule has 1 atom stereocenters. The summed E-state index contributed by atoms with van der Waals surface area (Å²) in [6.07, 6.45) is 1.90. The van der Waals surface area contributed by atoms with Gasteiger partial charge in [0.25, 0.3) is 0 Å². The van der Waals surface area contributed by atoms with Gasteiger partial charge in [-0.05, 0) is 31.5 Å². The number of benzene rings is 2. The summed E-state index contributed by atoms with van der Waals surface area (Å²) in [5, 5.41) is 4.77. The molecule has 0 amide bonds. The van der Waals surface area contributed by atoms with Gasteiger partial charge in [0.2, 0.25) is 10.0 Å². The summed E-state index contributed by atoms with van der Waals surface area (Å²) in [6.45, 7) is 3.28. The molecule has 168 valence electrons. The Morgan fingerprint density at radius 1 is 1.06 bits per heavy atom. The smallest absolute Gasteiger partial charge is 0.245 e. The Labute approximate surface area is 186 Å². The first-order valence-electron chi connectivity index (χ1n) is 10.1. The van der Waals surface area contributed by atoms with Crippen molar-refractivity contribution >= 4 is 20.9 Å². The standard InChI is InChI=1S/C23H25N3O5S/c1-14-23(15(2)31-26-14)32(27,28)25-13-19(17-9-7-11-21(29-3)22(17)30-4)18-12-24-20-10-6-5-8-16(18)20/h5-12,19,24-25H,13H2,1-4H3. The Balaban J connectivity index is 1.81. The lowest BCUT2D eigenvalue weighted by Gasteiger charge is -2.22. The Bertz CT molecular complexity index is 1340. The predicted octanol–water partition coefficient (Wildman–Crippen LogP) is 3.90. The number of ether oxygens (including phenoxy) is 2. The molecule has 0 saturated carbocycles. The van der Waals surface area contributed by atoms with Crippen LogP contribution in [0.4, 0.5) is 0 Å². The van der Waals surface area contributed by atoms with Crippen LogP contribution in [0.25, 0.3) is 10.9 Å². The Hall–Kier alpha value is -3.30. The van der Waals surface area contributed by atoms with Crippen molar-refractivity contribution in [3.63, 3.8) is 0 Å². The van der Waals surface area contributed by atoms with E-state index in [0.717, 1.165) is 22.0 Å². The van der Waals surface area contributed by atoms with E-state index in [1.807, 2.05) is 48.7 Å². The lowest BCUT2D eigenvalue weighted by molar-refractivity contribution is 0.350. The Morgan fingerprint density at radius 2 is 1.84 bits per heavy atom. The molecule has 0 saturated heterocycles. The first-order chi connectivity index (χ1) is 15.4. The summed E-state index contributed by atoms with van der Waals surface area (Å²) < 4.78 is 45.2. The third-order valence-electron chi connectivity index (χ3n) is 5.52. The van der Waals surface area contributed by atoms with Crippen molar-refractivity contribution in [1.29, 1.82) is 0 Å². The fourth-order valence-electron chi connectivity index (χ4n) is 4.08. The summed E-state index contributed by atoms with van der Waals surface area (Å²) in [5.74, 6) is 1.02. The minimum absolute atomic E-state index is 0.0628. The number of nitrogens with one attached hydrogen (secondary N) is 2. The second-order valence-corrected chi connectivity index (χ2v) is 9.13. The SMILES string of the molecule is COc1cccc(C(CNS(=O)(=O)c2c(C)noc2C)c2c[nH]c3ccccc23)c1OC. The molecular formula is C23H25N3O5S. The third-order valence-corrected chi connectivity index (χ3v) is 7.19. The third kappa shape index (κ3) is 3.85. The molecule has 4 rings (SSSR count). The van der Waals surface area contributed by atoms with Crippen LogP contribution in [-0.2, 0) is 10.0 Å². The molecule has 1 unspecified atom stereocenters. The van der Waals surface area contributed by atoms with Gasteiger partial charge in [0.1, 0.15) is 10.6 Å². The second-order valence-electron chi connectivity index (χ2n) is 7.43. The number of methoxy groups -OCH3 is 2. The van der Waals surface area contributed by atoms with Crippen molar-refractivity contribution in [2.75, 3.05) is 20.8 Å². The van der Waals surface area contributed by atoms with Gasteiger partial charge in [0.05, 0.1) is 14.2 Å². The molecule has 0 aliphatic rings. The minimum Gasteiger partial charge on any atom is -0.493 e. The first-order valence-corrected chi connectivity index (χ1v) is 11.5. The zero-order valence-electron chi connectivity index (χ0n) is 18.3.